The SMILES string of the molecule is C=C(/C=C(/C(Cc1cc(C)no1)C(C)CCNC=O)n1ncnc1C(C)CC)C(F)F. The Labute approximate surface area is 181 Å². The van der Waals surface area contributed by atoms with Crippen molar-refractivity contribution >= 4 is 12.1 Å². The molecule has 2 heterocycles. The maximum atomic E-state index is 13.4. The number of nitrogens with zero attached hydrogens (tertiary/aromatic N) is 4. The summed E-state index contributed by atoms with van der Waals surface area (Å²) in [5.41, 5.74) is 1.02. The predicted molar refractivity (Wildman–Crippen MR) is 114 cm³/mol. The van der Waals surface area contributed by atoms with E-state index in [0.29, 0.717) is 43.1 Å². The third-order valence-corrected chi connectivity index (χ3v) is 5.48. The Morgan fingerprint density at radius 1 is 1.39 bits per heavy atom. The first-order valence-electron chi connectivity index (χ1n) is 10.5. The maximum absolute atomic E-state index is 13.4. The molecular weight excluding hydrogens is 404 g/mol. The number of alkyl halides is 2. The molecule has 2 rings (SSSR count). The van der Waals surface area contributed by atoms with Gasteiger partial charge in [-0.05, 0) is 31.8 Å². The Kier molecular flexibility index (Phi) is 9.08. The average molecular weight is 436 g/mol. The summed E-state index contributed by atoms with van der Waals surface area (Å²) >= 11 is 0. The fourth-order valence-electron chi connectivity index (χ4n) is 3.44. The lowest BCUT2D eigenvalue weighted by atomic mass is 9.84. The summed E-state index contributed by atoms with van der Waals surface area (Å²) < 4.78 is 33.9. The van der Waals surface area contributed by atoms with Gasteiger partial charge in [0, 0.05) is 42.1 Å². The zero-order chi connectivity index (χ0) is 23.0. The zero-order valence-electron chi connectivity index (χ0n) is 18.5. The normalized spacial score (nSPS) is 15.0. The smallest absolute Gasteiger partial charge is 0.263 e. The lowest BCUT2D eigenvalue weighted by Gasteiger charge is -2.27. The molecule has 0 bridgehead atoms. The van der Waals surface area contributed by atoms with Gasteiger partial charge in [0.1, 0.15) is 17.9 Å². The molecule has 1 N–H and O–H groups in total. The predicted octanol–water partition coefficient (Wildman–Crippen LogP) is 4.38. The molecular formula is C22H31F2N5O2. The Morgan fingerprint density at radius 2 is 2.13 bits per heavy atom. The highest BCUT2D eigenvalue weighted by atomic mass is 19.3. The summed E-state index contributed by atoms with van der Waals surface area (Å²) in [6.45, 7) is 11.9. The number of amides is 1. The van der Waals surface area contributed by atoms with E-state index in [2.05, 4.69) is 27.1 Å². The van der Waals surface area contributed by atoms with Crippen molar-refractivity contribution in [2.24, 2.45) is 11.8 Å². The molecule has 2 aromatic heterocycles. The van der Waals surface area contributed by atoms with Crippen molar-refractivity contribution < 1.29 is 18.1 Å². The molecule has 9 heteroatoms. The van der Waals surface area contributed by atoms with Crippen molar-refractivity contribution in [3.8, 4) is 0 Å². The highest BCUT2D eigenvalue weighted by molar-refractivity contribution is 5.54. The third kappa shape index (κ3) is 6.57. The topological polar surface area (TPSA) is 85.8 Å². The summed E-state index contributed by atoms with van der Waals surface area (Å²) in [7, 11) is 0. The van der Waals surface area contributed by atoms with Crippen molar-refractivity contribution in [3.63, 3.8) is 0 Å². The Bertz CT molecular complexity index is 890. The maximum Gasteiger partial charge on any atom is 0.263 e. The molecule has 1 amide bonds. The van der Waals surface area contributed by atoms with Gasteiger partial charge in [-0.1, -0.05) is 32.5 Å². The molecule has 7 nitrogen and oxygen atoms in total. The molecule has 0 saturated heterocycles. The third-order valence-electron chi connectivity index (χ3n) is 5.48. The average Bonchev–Trinajstić information content (AvgIpc) is 3.38. The van der Waals surface area contributed by atoms with Crippen LogP contribution >= 0.6 is 0 Å². The summed E-state index contributed by atoms with van der Waals surface area (Å²) in [6, 6.07) is 1.83. The second-order valence-electron chi connectivity index (χ2n) is 7.87. The number of carbonyl (C=O) groups is 1. The van der Waals surface area contributed by atoms with Crippen molar-refractivity contribution in [2.45, 2.75) is 59.3 Å². The fraction of sp³-hybridized carbons (Fsp3) is 0.545. The number of rotatable bonds is 13. The minimum atomic E-state index is -2.69. The van der Waals surface area contributed by atoms with E-state index in [1.54, 1.807) is 4.68 Å². The van der Waals surface area contributed by atoms with Crippen LogP contribution in [0.1, 0.15) is 56.8 Å². The first-order valence-corrected chi connectivity index (χ1v) is 10.5. The van der Waals surface area contributed by atoms with Crippen molar-refractivity contribution in [3.05, 3.63) is 47.9 Å². The molecule has 0 aliphatic rings. The highest BCUT2D eigenvalue weighted by Crippen LogP contribution is 2.34. The lowest BCUT2D eigenvalue weighted by molar-refractivity contribution is -0.109. The van der Waals surface area contributed by atoms with Crippen molar-refractivity contribution in [1.82, 2.24) is 25.2 Å². The van der Waals surface area contributed by atoms with E-state index in [0.717, 1.165) is 12.1 Å². The van der Waals surface area contributed by atoms with Crippen molar-refractivity contribution in [2.75, 3.05) is 6.54 Å². The van der Waals surface area contributed by atoms with Gasteiger partial charge in [-0.2, -0.15) is 5.10 Å². The molecule has 0 fully saturated rings. The largest absolute Gasteiger partial charge is 0.361 e. The van der Waals surface area contributed by atoms with Gasteiger partial charge in [-0.25, -0.2) is 18.4 Å². The van der Waals surface area contributed by atoms with Crippen LogP contribution in [0.4, 0.5) is 8.78 Å². The molecule has 3 atom stereocenters. The Balaban J connectivity index is 2.54. The van der Waals surface area contributed by atoms with Crippen LogP contribution in [-0.4, -0.2) is 39.3 Å². The molecule has 0 saturated carbocycles. The molecule has 0 aliphatic carbocycles. The van der Waals surface area contributed by atoms with E-state index in [9.17, 15) is 13.6 Å². The van der Waals surface area contributed by atoms with Crippen LogP contribution in [0.2, 0.25) is 0 Å². The monoisotopic (exact) mass is 435 g/mol. The van der Waals surface area contributed by atoms with E-state index in [1.807, 2.05) is 33.8 Å². The molecule has 170 valence electrons. The van der Waals surface area contributed by atoms with E-state index in [4.69, 9.17) is 4.52 Å². The molecule has 0 radical (unpaired) electrons. The quantitative estimate of drug-likeness (QED) is 0.287. The fourth-order valence-corrected chi connectivity index (χ4v) is 3.44. The van der Waals surface area contributed by atoms with Gasteiger partial charge in [0.05, 0.1) is 5.69 Å². The Hall–Kier alpha value is -2.84. The summed E-state index contributed by atoms with van der Waals surface area (Å²) in [5.74, 6) is 1.19. The second-order valence-corrected chi connectivity index (χ2v) is 7.87. The molecule has 0 spiro atoms. The van der Waals surface area contributed by atoms with E-state index in [-0.39, 0.29) is 23.3 Å². The van der Waals surface area contributed by atoms with Gasteiger partial charge in [0.15, 0.2) is 0 Å². The number of hydrogen-bond acceptors (Lipinski definition) is 5. The molecule has 0 aliphatic heterocycles. The van der Waals surface area contributed by atoms with Crippen LogP contribution < -0.4 is 5.32 Å². The van der Waals surface area contributed by atoms with Gasteiger partial charge in [-0.15, -0.1) is 0 Å². The van der Waals surface area contributed by atoms with E-state index < -0.39 is 6.43 Å². The zero-order valence-corrected chi connectivity index (χ0v) is 18.5. The van der Waals surface area contributed by atoms with Crippen LogP contribution in [0.5, 0.6) is 0 Å². The van der Waals surface area contributed by atoms with Crippen LogP contribution in [-0.2, 0) is 11.2 Å². The van der Waals surface area contributed by atoms with E-state index in [1.165, 1.54) is 12.4 Å². The number of halogens is 2. The number of carbonyl (C=O) groups excluding carboxylic acids is 1. The molecule has 31 heavy (non-hydrogen) atoms. The summed E-state index contributed by atoms with van der Waals surface area (Å²) in [5, 5.41) is 11.0. The van der Waals surface area contributed by atoms with Crippen LogP contribution in [0.15, 0.2) is 35.1 Å². The first-order chi connectivity index (χ1) is 14.8. The number of aromatic nitrogens is 4. The van der Waals surface area contributed by atoms with Gasteiger partial charge in [0.25, 0.3) is 6.43 Å². The first kappa shape index (κ1) is 24.4. The minimum Gasteiger partial charge on any atom is -0.361 e. The van der Waals surface area contributed by atoms with Crippen LogP contribution in [0.3, 0.4) is 0 Å². The molecule has 0 aromatic carbocycles. The van der Waals surface area contributed by atoms with Gasteiger partial charge in [-0.3, -0.25) is 4.79 Å². The number of aryl methyl sites for hydroxylation is 1. The molecule has 2 aromatic rings. The second kappa shape index (κ2) is 11.5. The summed E-state index contributed by atoms with van der Waals surface area (Å²) in [6.07, 6.45) is 2.71. The number of hydrogen-bond donors (Lipinski definition) is 1. The van der Waals surface area contributed by atoms with Crippen LogP contribution in [0, 0.1) is 18.8 Å². The number of nitrogens with one attached hydrogen (secondary N) is 1. The number of allylic oxidation sites excluding steroid dienone is 3. The minimum absolute atomic E-state index is 0.00330. The van der Waals surface area contributed by atoms with Gasteiger partial charge in [0.2, 0.25) is 6.41 Å². The molecule has 3 unspecified atom stereocenters. The van der Waals surface area contributed by atoms with Gasteiger partial charge >= 0.3 is 0 Å². The highest BCUT2D eigenvalue weighted by Gasteiger charge is 2.28. The lowest BCUT2D eigenvalue weighted by Crippen LogP contribution is -2.25. The Morgan fingerprint density at radius 3 is 2.71 bits per heavy atom. The van der Waals surface area contributed by atoms with E-state index >= 15 is 0 Å². The van der Waals surface area contributed by atoms with Crippen LogP contribution in [0.25, 0.3) is 5.70 Å². The van der Waals surface area contributed by atoms with Crippen molar-refractivity contribution in [1.29, 1.82) is 0 Å². The standard InChI is InChI=1S/C22H31F2N5O2/c1-6-14(2)22-26-12-27-29(22)20(9-16(4)21(23)24)19(15(3)7-8-25-13-30)11-18-10-17(5)28-31-18/h9-10,12-15,19,21H,4,6-8,11H2,1-3,5H3,(H,25,30)/b20-9-. The van der Waals surface area contributed by atoms with Gasteiger partial charge < -0.3 is 9.84 Å². The summed E-state index contributed by atoms with van der Waals surface area (Å²) in [4.78, 5) is 15.1.